The zero-order valence-corrected chi connectivity index (χ0v) is 9.69. The third kappa shape index (κ3) is 3.65. The third-order valence-electron chi connectivity index (χ3n) is 1.14. The topological polar surface area (TPSA) is 59.1 Å². The average molecular weight is 265 g/mol. The minimum Gasteiger partial charge on any atom is -0.302 e. The third-order valence-corrected chi connectivity index (χ3v) is 2.15. The summed E-state index contributed by atoms with van der Waals surface area (Å²) in [7, 11) is 0. The van der Waals surface area contributed by atoms with Gasteiger partial charge in [0.2, 0.25) is 5.91 Å². The number of carbonyl (C=O) groups excluding carboxylic acids is 2. The molecule has 0 spiro atoms. The number of Topliss-reactive ketones (excluding diaryl/α,β-unsaturated/α-hetero) is 1. The normalized spacial score (nSPS) is 8.77. The lowest BCUT2D eigenvalue weighted by molar-refractivity contribution is -0.114. The standard InChI is InChI=1S/C7H8N2O2S.BrH/c1-4(10)6-3-8-7(12-6)9-5(2)11;/h3H,1-2H3,(H,8,9,11);1H. The SMILES string of the molecule is Br.CC(=O)Nc1ncc(C(C)=O)s1. The van der Waals surface area contributed by atoms with Gasteiger partial charge < -0.3 is 5.32 Å². The van der Waals surface area contributed by atoms with E-state index in [4.69, 9.17) is 0 Å². The molecular formula is C7H9BrN2O2S. The van der Waals surface area contributed by atoms with E-state index in [2.05, 4.69) is 10.3 Å². The van der Waals surface area contributed by atoms with E-state index in [1.165, 1.54) is 31.4 Å². The van der Waals surface area contributed by atoms with Crippen LogP contribution in [-0.4, -0.2) is 16.7 Å². The summed E-state index contributed by atoms with van der Waals surface area (Å²) in [4.78, 5) is 25.8. The summed E-state index contributed by atoms with van der Waals surface area (Å²) >= 11 is 1.18. The highest BCUT2D eigenvalue weighted by Crippen LogP contribution is 2.17. The molecule has 0 radical (unpaired) electrons. The molecule has 4 nitrogen and oxygen atoms in total. The van der Waals surface area contributed by atoms with E-state index < -0.39 is 0 Å². The van der Waals surface area contributed by atoms with E-state index in [1.807, 2.05) is 0 Å². The summed E-state index contributed by atoms with van der Waals surface area (Å²) in [5.41, 5.74) is 0. The number of amides is 1. The van der Waals surface area contributed by atoms with Crippen molar-refractivity contribution in [2.24, 2.45) is 0 Å². The van der Waals surface area contributed by atoms with E-state index in [0.717, 1.165) is 0 Å². The maximum atomic E-state index is 10.8. The van der Waals surface area contributed by atoms with Crippen LogP contribution in [0.15, 0.2) is 6.20 Å². The number of nitrogens with one attached hydrogen (secondary N) is 1. The van der Waals surface area contributed by atoms with Crippen molar-refractivity contribution in [2.45, 2.75) is 13.8 Å². The second kappa shape index (κ2) is 5.08. The molecule has 1 heterocycles. The smallest absolute Gasteiger partial charge is 0.223 e. The molecule has 0 aliphatic rings. The quantitative estimate of drug-likeness (QED) is 0.830. The zero-order chi connectivity index (χ0) is 9.14. The Kier molecular flexibility index (Phi) is 4.79. The number of halogens is 1. The first-order valence-corrected chi connectivity index (χ1v) is 4.15. The molecule has 0 saturated heterocycles. The lowest BCUT2D eigenvalue weighted by Gasteiger charge is -1.91. The fourth-order valence-corrected chi connectivity index (χ4v) is 1.40. The fraction of sp³-hybridized carbons (Fsp3) is 0.286. The Bertz CT molecular complexity index is 324. The van der Waals surface area contributed by atoms with Crippen molar-refractivity contribution >= 4 is 45.1 Å². The summed E-state index contributed by atoms with van der Waals surface area (Å²) < 4.78 is 0. The van der Waals surface area contributed by atoms with Crippen LogP contribution in [0.5, 0.6) is 0 Å². The Labute approximate surface area is 90.1 Å². The molecule has 72 valence electrons. The molecule has 0 bridgehead atoms. The van der Waals surface area contributed by atoms with Crippen LogP contribution in [0, 0.1) is 0 Å². The molecule has 0 aromatic carbocycles. The molecule has 0 aliphatic carbocycles. The minimum atomic E-state index is -0.181. The molecule has 6 heteroatoms. The van der Waals surface area contributed by atoms with E-state index >= 15 is 0 Å². The fourth-order valence-electron chi connectivity index (χ4n) is 0.645. The summed E-state index contributed by atoms with van der Waals surface area (Å²) in [6.07, 6.45) is 1.46. The number of anilines is 1. The maximum absolute atomic E-state index is 10.8. The van der Waals surface area contributed by atoms with Crippen molar-refractivity contribution < 1.29 is 9.59 Å². The number of nitrogens with zero attached hydrogens (tertiary/aromatic N) is 1. The van der Waals surface area contributed by atoms with Crippen LogP contribution in [0.4, 0.5) is 5.13 Å². The van der Waals surface area contributed by atoms with Crippen LogP contribution in [-0.2, 0) is 4.79 Å². The summed E-state index contributed by atoms with van der Waals surface area (Å²) in [6, 6.07) is 0. The Morgan fingerprint density at radius 2 is 2.08 bits per heavy atom. The predicted molar refractivity (Wildman–Crippen MR) is 56.7 cm³/mol. The number of aromatic nitrogens is 1. The van der Waals surface area contributed by atoms with Gasteiger partial charge in [0.1, 0.15) is 0 Å². The maximum Gasteiger partial charge on any atom is 0.223 e. The van der Waals surface area contributed by atoms with Gasteiger partial charge in [-0.05, 0) is 0 Å². The summed E-state index contributed by atoms with van der Waals surface area (Å²) in [6.45, 7) is 2.86. The zero-order valence-electron chi connectivity index (χ0n) is 7.16. The van der Waals surface area contributed by atoms with Gasteiger partial charge in [0.15, 0.2) is 10.9 Å². The van der Waals surface area contributed by atoms with Crippen molar-refractivity contribution in [3.8, 4) is 0 Å². The largest absolute Gasteiger partial charge is 0.302 e. The van der Waals surface area contributed by atoms with Crippen molar-refractivity contribution in [2.75, 3.05) is 5.32 Å². The molecule has 1 N–H and O–H groups in total. The van der Waals surface area contributed by atoms with Crippen LogP contribution >= 0.6 is 28.3 Å². The second-order valence-electron chi connectivity index (χ2n) is 2.27. The van der Waals surface area contributed by atoms with Gasteiger partial charge in [-0.2, -0.15) is 0 Å². The molecule has 0 aliphatic heterocycles. The number of hydrogen-bond acceptors (Lipinski definition) is 4. The van der Waals surface area contributed by atoms with Gasteiger partial charge in [-0.15, -0.1) is 17.0 Å². The molecule has 0 saturated carbocycles. The highest BCUT2D eigenvalue weighted by Gasteiger charge is 2.05. The first-order chi connectivity index (χ1) is 5.59. The molecule has 13 heavy (non-hydrogen) atoms. The van der Waals surface area contributed by atoms with Crippen molar-refractivity contribution in [1.29, 1.82) is 0 Å². The van der Waals surface area contributed by atoms with E-state index in [9.17, 15) is 9.59 Å². The molecular weight excluding hydrogens is 256 g/mol. The highest BCUT2D eigenvalue weighted by atomic mass is 79.9. The Balaban J connectivity index is 0.00000144. The molecule has 1 aromatic rings. The first kappa shape index (κ1) is 12.2. The molecule has 0 fully saturated rings. The average Bonchev–Trinajstić information content (AvgIpc) is 2.34. The minimum absolute atomic E-state index is 0. The van der Waals surface area contributed by atoms with E-state index in [-0.39, 0.29) is 28.7 Å². The molecule has 0 unspecified atom stereocenters. The van der Waals surface area contributed by atoms with E-state index in [1.54, 1.807) is 0 Å². The van der Waals surface area contributed by atoms with Crippen LogP contribution < -0.4 is 5.32 Å². The van der Waals surface area contributed by atoms with Crippen molar-refractivity contribution in [3.63, 3.8) is 0 Å². The Hall–Kier alpha value is -0.750. The molecule has 1 rings (SSSR count). The van der Waals surface area contributed by atoms with Gasteiger partial charge in [0.25, 0.3) is 0 Å². The van der Waals surface area contributed by atoms with Crippen LogP contribution in [0.2, 0.25) is 0 Å². The van der Waals surface area contributed by atoms with Crippen molar-refractivity contribution in [1.82, 2.24) is 4.98 Å². The molecule has 1 aromatic heterocycles. The summed E-state index contributed by atoms with van der Waals surface area (Å²) in [5, 5.41) is 2.96. The monoisotopic (exact) mass is 264 g/mol. The van der Waals surface area contributed by atoms with Gasteiger partial charge in [0.05, 0.1) is 11.1 Å². The van der Waals surface area contributed by atoms with Crippen LogP contribution in [0.3, 0.4) is 0 Å². The highest BCUT2D eigenvalue weighted by molar-refractivity contribution is 8.93. The molecule has 0 atom stereocenters. The lowest BCUT2D eigenvalue weighted by atomic mass is 10.4. The van der Waals surface area contributed by atoms with Gasteiger partial charge >= 0.3 is 0 Å². The number of hydrogen-bond donors (Lipinski definition) is 1. The van der Waals surface area contributed by atoms with Gasteiger partial charge in [-0.1, -0.05) is 11.3 Å². The van der Waals surface area contributed by atoms with Gasteiger partial charge in [-0.25, -0.2) is 4.98 Å². The summed E-state index contributed by atoms with van der Waals surface area (Å²) in [5.74, 6) is -0.219. The van der Waals surface area contributed by atoms with Gasteiger partial charge in [-0.3, -0.25) is 9.59 Å². The van der Waals surface area contributed by atoms with Crippen LogP contribution in [0.1, 0.15) is 23.5 Å². The Morgan fingerprint density at radius 1 is 1.46 bits per heavy atom. The number of rotatable bonds is 2. The van der Waals surface area contributed by atoms with Crippen LogP contribution in [0.25, 0.3) is 0 Å². The second-order valence-corrected chi connectivity index (χ2v) is 3.30. The van der Waals surface area contributed by atoms with E-state index in [0.29, 0.717) is 10.0 Å². The number of thiazole rings is 1. The number of ketones is 1. The molecule has 1 amide bonds. The van der Waals surface area contributed by atoms with Gasteiger partial charge in [0, 0.05) is 13.8 Å². The Morgan fingerprint density at radius 3 is 2.46 bits per heavy atom. The van der Waals surface area contributed by atoms with Crippen molar-refractivity contribution in [3.05, 3.63) is 11.1 Å². The first-order valence-electron chi connectivity index (χ1n) is 3.34. The predicted octanol–water partition coefficient (Wildman–Crippen LogP) is 1.88. The lowest BCUT2D eigenvalue weighted by Crippen LogP contribution is -2.04. The number of carbonyl (C=O) groups is 2.